The summed E-state index contributed by atoms with van der Waals surface area (Å²) in [6.45, 7) is 4.19. The van der Waals surface area contributed by atoms with Crippen molar-refractivity contribution in [3.05, 3.63) is 85.1 Å². The number of carbonyl (C=O) groups excluding carboxylic acids is 2. The van der Waals surface area contributed by atoms with E-state index in [0.29, 0.717) is 17.4 Å². The molecule has 10 heteroatoms. The number of ether oxygens (including phenoxy) is 2. The maximum absolute atomic E-state index is 12.9. The molecule has 0 aliphatic rings. The van der Waals surface area contributed by atoms with Gasteiger partial charge in [-0.25, -0.2) is 0 Å². The fraction of sp³-hybridized carbons (Fsp3) is 0.822. The summed E-state index contributed by atoms with van der Waals surface area (Å²) in [4.78, 5) is 38.2. The van der Waals surface area contributed by atoms with Crippen LogP contribution in [0.1, 0.15) is 425 Å². The standard InChI is InChI=1S/C90H166NO8P/c1-6-8-10-12-14-16-18-20-22-24-26-28-30-32-34-36-38-40-42-43-44-45-46-47-49-51-53-55-57-59-61-63-65-67-69-71-73-75-77-79-81-83-90(93)99-88(87-98-100(94,95)97-85-84-91(3,4)5)86-96-89(92)82-80-78-76-74-72-70-68-66-64-62-60-58-56-54-52-50-48-41-39-37-35-33-31-29-27-25-23-21-19-17-15-13-11-9-7-2/h8,10,14,16,19-22,25-28,32,34,88H,6-7,9,11-13,15,17-18,23-24,29-31,33,35-87H2,1-5H3/b10-8-,16-14-,21-19-,22-20-,27-25-,28-26-,34-32-. The zero-order valence-corrected chi connectivity index (χ0v) is 67.8. The molecule has 0 heterocycles. The first-order valence-electron chi connectivity index (χ1n) is 43.3. The van der Waals surface area contributed by atoms with Gasteiger partial charge in [-0.1, -0.05) is 407 Å². The Morgan fingerprint density at radius 1 is 0.320 bits per heavy atom. The molecule has 9 nitrogen and oxygen atoms in total. The minimum atomic E-state index is -4.65. The molecule has 0 amide bonds. The quantitative estimate of drug-likeness (QED) is 0.0195. The normalized spacial score (nSPS) is 13.4. The molecule has 0 aromatic heterocycles. The summed E-state index contributed by atoms with van der Waals surface area (Å²) < 4.78 is 34.5. The maximum Gasteiger partial charge on any atom is 0.306 e. The van der Waals surface area contributed by atoms with E-state index in [1.165, 1.54) is 321 Å². The predicted octanol–water partition coefficient (Wildman–Crippen LogP) is 28.5. The Bertz CT molecular complexity index is 1970. The van der Waals surface area contributed by atoms with E-state index in [-0.39, 0.29) is 32.0 Å². The van der Waals surface area contributed by atoms with Crippen molar-refractivity contribution in [2.45, 2.75) is 431 Å². The van der Waals surface area contributed by atoms with Crippen LogP contribution in [0.3, 0.4) is 0 Å². The number of unbranched alkanes of at least 4 members (excludes halogenated alkanes) is 53. The van der Waals surface area contributed by atoms with Gasteiger partial charge in [-0.3, -0.25) is 14.2 Å². The summed E-state index contributed by atoms with van der Waals surface area (Å²) in [5.74, 6) is -0.809. The van der Waals surface area contributed by atoms with Gasteiger partial charge >= 0.3 is 11.9 Å². The molecule has 0 aromatic carbocycles. The van der Waals surface area contributed by atoms with Gasteiger partial charge in [0.2, 0.25) is 0 Å². The van der Waals surface area contributed by atoms with Gasteiger partial charge in [0.15, 0.2) is 6.10 Å². The van der Waals surface area contributed by atoms with Gasteiger partial charge < -0.3 is 27.9 Å². The van der Waals surface area contributed by atoms with E-state index in [2.05, 4.69) is 98.9 Å². The maximum atomic E-state index is 12.9. The molecule has 0 aliphatic carbocycles. The Hall–Kier alpha value is -2.81. The lowest BCUT2D eigenvalue weighted by molar-refractivity contribution is -0.870. The van der Waals surface area contributed by atoms with Crippen molar-refractivity contribution in [3.63, 3.8) is 0 Å². The van der Waals surface area contributed by atoms with Crippen molar-refractivity contribution < 1.29 is 42.1 Å². The third-order valence-corrected chi connectivity index (χ3v) is 20.4. The second-order valence-corrected chi connectivity index (χ2v) is 31.9. The topological polar surface area (TPSA) is 111 Å². The first kappa shape index (κ1) is 97.2. The van der Waals surface area contributed by atoms with Crippen LogP contribution in [-0.2, 0) is 32.7 Å². The highest BCUT2D eigenvalue weighted by atomic mass is 31.2. The highest BCUT2D eigenvalue weighted by Crippen LogP contribution is 2.38. The highest BCUT2D eigenvalue weighted by molar-refractivity contribution is 7.45. The fourth-order valence-corrected chi connectivity index (χ4v) is 13.6. The Kier molecular flexibility index (Phi) is 78.0. The number of carbonyl (C=O) groups is 2. The molecule has 584 valence electrons. The van der Waals surface area contributed by atoms with Crippen LogP contribution in [0.25, 0.3) is 0 Å². The molecule has 100 heavy (non-hydrogen) atoms. The zero-order chi connectivity index (χ0) is 72.5. The molecule has 0 fully saturated rings. The lowest BCUT2D eigenvalue weighted by atomic mass is 10.0. The zero-order valence-electron chi connectivity index (χ0n) is 66.9. The van der Waals surface area contributed by atoms with E-state index < -0.39 is 26.5 Å². The molecule has 0 rings (SSSR count). The molecule has 2 atom stereocenters. The molecular weight excluding hydrogens is 1250 g/mol. The van der Waals surface area contributed by atoms with E-state index in [4.69, 9.17) is 18.5 Å². The van der Waals surface area contributed by atoms with Gasteiger partial charge in [0.1, 0.15) is 19.8 Å². The summed E-state index contributed by atoms with van der Waals surface area (Å²) in [7, 11) is 1.19. The third-order valence-electron chi connectivity index (χ3n) is 19.4. The fourth-order valence-electron chi connectivity index (χ4n) is 12.8. The van der Waals surface area contributed by atoms with Gasteiger partial charge in [0, 0.05) is 12.8 Å². The number of phosphoric acid groups is 1. The predicted molar refractivity (Wildman–Crippen MR) is 434 cm³/mol. The van der Waals surface area contributed by atoms with E-state index >= 15 is 0 Å². The summed E-state index contributed by atoms with van der Waals surface area (Å²) in [6, 6.07) is 0. The number of hydrogen-bond donors (Lipinski definition) is 0. The van der Waals surface area contributed by atoms with E-state index in [9.17, 15) is 19.0 Å². The smallest absolute Gasteiger partial charge is 0.306 e. The van der Waals surface area contributed by atoms with Crippen LogP contribution >= 0.6 is 7.82 Å². The molecule has 0 saturated heterocycles. The largest absolute Gasteiger partial charge is 0.756 e. The van der Waals surface area contributed by atoms with Crippen molar-refractivity contribution in [2.24, 2.45) is 0 Å². The van der Waals surface area contributed by atoms with E-state index in [1.807, 2.05) is 21.1 Å². The summed E-state index contributed by atoms with van der Waals surface area (Å²) in [5, 5.41) is 0. The number of phosphoric ester groups is 1. The second kappa shape index (κ2) is 80.3. The van der Waals surface area contributed by atoms with Crippen molar-refractivity contribution in [2.75, 3.05) is 47.5 Å². The minimum absolute atomic E-state index is 0.0288. The van der Waals surface area contributed by atoms with Gasteiger partial charge in [-0.05, 0) is 89.9 Å². The SMILES string of the molecule is CC/C=C\C/C=C\C/C=C\C/C=C\C/C=C\CCCCCCCCCCCCCCCCCCCCCCCCCCCC(=O)OC(COC(=O)CCCCCCCCCCCCCCCCCCCCCCCCC/C=C\C/C=C\CCCCCCC)COP(=O)([O-])OCC[N+](C)(C)C. The molecule has 0 N–H and O–H groups in total. The van der Waals surface area contributed by atoms with Crippen LogP contribution in [-0.4, -0.2) is 70.0 Å². The third kappa shape index (κ3) is 84.1. The molecule has 0 spiro atoms. The van der Waals surface area contributed by atoms with Crippen molar-refractivity contribution in [1.82, 2.24) is 0 Å². The van der Waals surface area contributed by atoms with Crippen molar-refractivity contribution in [3.8, 4) is 0 Å². The van der Waals surface area contributed by atoms with Crippen LogP contribution in [0.15, 0.2) is 85.1 Å². The van der Waals surface area contributed by atoms with Gasteiger partial charge in [0.25, 0.3) is 7.82 Å². The average Bonchev–Trinajstić information content (AvgIpc) is 1.30. The Morgan fingerprint density at radius 3 is 0.850 bits per heavy atom. The van der Waals surface area contributed by atoms with E-state index in [1.54, 1.807) is 0 Å². The monoisotopic (exact) mass is 1420 g/mol. The number of likely N-dealkylation sites (N-methyl/N-ethyl adjacent to an activating group) is 1. The number of allylic oxidation sites excluding steroid dienone is 14. The summed E-state index contributed by atoms with van der Waals surface area (Å²) in [6.07, 6.45) is 112. The molecule has 0 bridgehead atoms. The first-order chi connectivity index (χ1) is 49.0. The highest BCUT2D eigenvalue weighted by Gasteiger charge is 2.22. The number of quaternary nitrogens is 1. The van der Waals surface area contributed by atoms with Crippen molar-refractivity contribution in [1.29, 1.82) is 0 Å². The Balaban J connectivity index is 3.87. The number of rotatable bonds is 81. The molecule has 2 unspecified atom stereocenters. The van der Waals surface area contributed by atoms with Crippen LogP contribution in [0.2, 0.25) is 0 Å². The minimum Gasteiger partial charge on any atom is -0.756 e. The molecule has 0 aromatic rings. The van der Waals surface area contributed by atoms with Crippen LogP contribution in [0.4, 0.5) is 0 Å². The average molecular weight is 1420 g/mol. The number of nitrogens with zero attached hydrogens (tertiary/aromatic N) is 1. The lowest BCUT2D eigenvalue weighted by Crippen LogP contribution is -2.37. The van der Waals surface area contributed by atoms with Gasteiger partial charge in [-0.15, -0.1) is 0 Å². The van der Waals surface area contributed by atoms with Crippen LogP contribution < -0.4 is 4.89 Å². The molecule has 0 aliphatic heterocycles. The van der Waals surface area contributed by atoms with E-state index in [0.717, 1.165) is 70.6 Å². The lowest BCUT2D eigenvalue weighted by Gasteiger charge is -2.28. The van der Waals surface area contributed by atoms with Crippen LogP contribution in [0.5, 0.6) is 0 Å². The molecule has 0 saturated carbocycles. The van der Waals surface area contributed by atoms with Gasteiger partial charge in [0.05, 0.1) is 27.7 Å². The van der Waals surface area contributed by atoms with Gasteiger partial charge in [-0.2, -0.15) is 0 Å². The first-order valence-corrected chi connectivity index (χ1v) is 44.8. The van der Waals surface area contributed by atoms with Crippen molar-refractivity contribution >= 4 is 19.8 Å². The number of hydrogen-bond acceptors (Lipinski definition) is 8. The Morgan fingerprint density at radius 2 is 0.570 bits per heavy atom. The number of esters is 2. The summed E-state index contributed by atoms with van der Waals surface area (Å²) in [5.41, 5.74) is 0. The Labute approximate surface area is 621 Å². The second-order valence-electron chi connectivity index (χ2n) is 30.5. The molecular formula is C90H166NO8P. The molecule has 0 radical (unpaired) electrons. The van der Waals surface area contributed by atoms with Crippen LogP contribution in [0, 0.1) is 0 Å². The summed E-state index contributed by atoms with van der Waals surface area (Å²) >= 11 is 0.